The van der Waals surface area contributed by atoms with Crippen LogP contribution in [0.2, 0.25) is 10.0 Å². The van der Waals surface area contributed by atoms with Crippen LogP contribution in [-0.4, -0.2) is 11.5 Å². The maximum atomic E-state index is 6.10. The van der Waals surface area contributed by atoms with Crippen LogP contribution in [0.3, 0.4) is 0 Å². The van der Waals surface area contributed by atoms with Gasteiger partial charge in [-0.15, -0.1) is 0 Å². The molecule has 100 valence electrons. The second kappa shape index (κ2) is 6.38. The number of aromatic nitrogens is 1. The molecule has 0 bridgehead atoms. The van der Waals surface area contributed by atoms with Crippen molar-refractivity contribution in [1.29, 1.82) is 0 Å². The lowest BCUT2D eigenvalue weighted by molar-refractivity contribution is 0.628. The van der Waals surface area contributed by atoms with Crippen LogP contribution in [0.1, 0.15) is 29.8 Å². The van der Waals surface area contributed by atoms with Crippen LogP contribution in [0.15, 0.2) is 36.5 Å². The number of rotatable bonds is 4. The van der Waals surface area contributed by atoms with Gasteiger partial charge in [-0.3, -0.25) is 4.98 Å². The first-order valence-corrected chi connectivity index (χ1v) is 6.98. The van der Waals surface area contributed by atoms with Crippen LogP contribution in [-0.2, 0) is 0 Å². The van der Waals surface area contributed by atoms with E-state index in [0.717, 1.165) is 23.4 Å². The molecule has 1 heterocycles. The fourth-order valence-corrected chi connectivity index (χ4v) is 2.28. The van der Waals surface area contributed by atoms with Crippen LogP contribution in [0, 0.1) is 6.92 Å². The zero-order valence-electron chi connectivity index (χ0n) is 11.0. The van der Waals surface area contributed by atoms with Gasteiger partial charge in [0.15, 0.2) is 0 Å². The van der Waals surface area contributed by atoms with E-state index in [-0.39, 0.29) is 6.04 Å². The number of benzene rings is 1. The first-order valence-electron chi connectivity index (χ1n) is 6.22. The highest BCUT2D eigenvalue weighted by atomic mass is 35.5. The number of hydrogen-bond acceptors (Lipinski definition) is 2. The lowest BCUT2D eigenvalue weighted by Crippen LogP contribution is -2.22. The molecule has 0 amide bonds. The lowest BCUT2D eigenvalue weighted by atomic mass is 10.00. The van der Waals surface area contributed by atoms with Crippen LogP contribution < -0.4 is 5.32 Å². The van der Waals surface area contributed by atoms with Crippen molar-refractivity contribution in [3.63, 3.8) is 0 Å². The van der Waals surface area contributed by atoms with Crippen molar-refractivity contribution in [3.8, 4) is 0 Å². The van der Waals surface area contributed by atoms with Gasteiger partial charge >= 0.3 is 0 Å². The fourth-order valence-electron chi connectivity index (χ4n) is 1.97. The highest BCUT2D eigenvalue weighted by Gasteiger charge is 2.14. The molecule has 0 radical (unpaired) electrons. The summed E-state index contributed by atoms with van der Waals surface area (Å²) in [6, 6.07) is 9.88. The van der Waals surface area contributed by atoms with Crippen LogP contribution in [0.4, 0.5) is 0 Å². The summed E-state index contributed by atoms with van der Waals surface area (Å²) in [5.41, 5.74) is 3.21. The number of aryl methyl sites for hydroxylation is 1. The Kier molecular flexibility index (Phi) is 4.81. The van der Waals surface area contributed by atoms with Crippen molar-refractivity contribution in [2.75, 3.05) is 6.54 Å². The van der Waals surface area contributed by atoms with Gasteiger partial charge in [0.1, 0.15) is 0 Å². The molecule has 0 saturated heterocycles. The summed E-state index contributed by atoms with van der Waals surface area (Å²) in [5.74, 6) is 0. The molecule has 0 aliphatic rings. The third kappa shape index (κ3) is 3.47. The van der Waals surface area contributed by atoms with Gasteiger partial charge < -0.3 is 5.32 Å². The van der Waals surface area contributed by atoms with Gasteiger partial charge in [-0.05, 0) is 42.8 Å². The summed E-state index contributed by atoms with van der Waals surface area (Å²) in [6.45, 7) is 4.91. The molecule has 0 spiro atoms. The molecule has 1 unspecified atom stereocenters. The van der Waals surface area contributed by atoms with Crippen molar-refractivity contribution in [3.05, 3.63) is 63.4 Å². The maximum Gasteiger partial charge on any atom is 0.0595 e. The standard InChI is InChI=1S/C15H16Cl2N2/c1-3-18-15(12-5-4-10(2)19-9-12)11-6-7-13(16)14(17)8-11/h4-9,15,18H,3H2,1-2H3. The highest BCUT2D eigenvalue weighted by Crippen LogP contribution is 2.28. The second-order valence-electron chi connectivity index (χ2n) is 4.40. The van der Waals surface area contributed by atoms with Gasteiger partial charge in [0.2, 0.25) is 0 Å². The lowest BCUT2D eigenvalue weighted by Gasteiger charge is -2.19. The minimum Gasteiger partial charge on any atom is -0.306 e. The SMILES string of the molecule is CCNC(c1ccc(C)nc1)c1ccc(Cl)c(Cl)c1. The van der Waals surface area contributed by atoms with E-state index in [9.17, 15) is 0 Å². The second-order valence-corrected chi connectivity index (χ2v) is 5.21. The van der Waals surface area contributed by atoms with Gasteiger partial charge in [0.05, 0.1) is 16.1 Å². The van der Waals surface area contributed by atoms with Crippen LogP contribution in [0.25, 0.3) is 0 Å². The Balaban J connectivity index is 2.38. The quantitative estimate of drug-likeness (QED) is 0.904. The normalized spacial score (nSPS) is 12.4. The largest absolute Gasteiger partial charge is 0.306 e. The van der Waals surface area contributed by atoms with E-state index in [1.54, 1.807) is 0 Å². The molecule has 1 aromatic heterocycles. The molecule has 4 heteroatoms. The molecule has 1 N–H and O–H groups in total. The number of pyridine rings is 1. The van der Waals surface area contributed by atoms with Crippen molar-refractivity contribution in [1.82, 2.24) is 10.3 Å². The van der Waals surface area contributed by atoms with E-state index in [4.69, 9.17) is 23.2 Å². The van der Waals surface area contributed by atoms with Gasteiger partial charge in [-0.2, -0.15) is 0 Å². The zero-order chi connectivity index (χ0) is 13.8. The van der Waals surface area contributed by atoms with Gasteiger partial charge in [0.25, 0.3) is 0 Å². The van der Waals surface area contributed by atoms with Crippen LogP contribution >= 0.6 is 23.2 Å². The van der Waals surface area contributed by atoms with E-state index in [0.29, 0.717) is 10.0 Å². The molecular formula is C15H16Cl2N2. The van der Waals surface area contributed by atoms with E-state index in [1.807, 2.05) is 37.4 Å². The molecule has 19 heavy (non-hydrogen) atoms. The Morgan fingerprint density at radius 1 is 1.11 bits per heavy atom. The Hall–Kier alpha value is -1.09. The molecule has 2 rings (SSSR count). The van der Waals surface area contributed by atoms with Crippen molar-refractivity contribution in [2.45, 2.75) is 19.9 Å². The molecular weight excluding hydrogens is 279 g/mol. The van der Waals surface area contributed by atoms with Gasteiger partial charge in [-0.25, -0.2) is 0 Å². The van der Waals surface area contributed by atoms with Gasteiger partial charge in [0, 0.05) is 11.9 Å². The number of halogens is 2. The van der Waals surface area contributed by atoms with E-state index in [1.165, 1.54) is 0 Å². The molecule has 1 atom stereocenters. The third-order valence-electron chi connectivity index (χ3n) is 2.95. The average molecular weight is 295 g/mol. The van der Waals surface area contributed by atoms with Crippen molar-refractivity contribution < 1.29 is 0 Å². The summed E-state index contributed by atoms with van der Waals surface area (Å²) in [5, 5.41) is 4.58. The van der Waals surface area contributed by atoms with Crippen molar-refractivity contribution >= 4 is 23.2 Å². The summed E-state index contributed by atoms with van der Waals surface area (Å²) in [4.78, 5) is 4.35. The first kappa shape index (κ1) is 14.3. The van der Waals surface area contributed by atoms with Crippen molar-refractivity contribution in [2.24, 2.45) is 0 Å². The summed E-state index contributed by atoms with van der Waals surface area (Å²) >= 11 is 12.1. The maximum absolute atomic E-state index is 6.10. The highest BCUT2D eigenvalue weighted by molar-refractivity contribution is 6.42. The third-order valence-corrected chi connectivity index (χ3v) is 3.69. The topological polar surface area (TPSA) is 24.9 Å². The zero-order valence-corrected chi connectivity index (χ0v) is 12.5. The molecule has 0 saturated carbocycles. The minimum atomic E-state index is 0.0767. The fraction of sp³-hybridized carbons (Fsp3) is 0.267. The molecule has 2 aromatic rings. The number of hydrogen-bond donors (Lipinski definition) is 1. The predicted octanol–water partition coefficient (Wildman–Crippen LogP) is 4.40. The van der Waals surface area contributed by atoms with Gasteiger partial charge in [-0.1, -0.05) is 42.3 Å². The molecule has 0 aliphatic carbocycles. The molecule has 2 nitrogen and oxygen atoms in total. The average Bonchev–Trinajstić information content (AvgIpc) is 2.41. The van der Waals surface area contributed by atoms with Crippen LogP contribution in [0.5, 0.6) is 0 Å². The monoisotopic (exact) mass is 294 g/mol. The summed E-state index contributed by atoms with van der Waals surface area (Å²) in [6.07, 6.45) is 1.89. The Morgan fingerprint density at radius 3 is 2.42 bits per heavy atom. The van der Waals surface area contributed by atoms with E-state index < -0.39 is 0 Å². The van der Waals surface area contributed by atoms with E-state index in [2.05, 4.69) is 23.3 Å². The Labute approximate surface area is 123 Å². The summed E-state index contributed by atoms with van der Waals surface area (Å²) < 4.78 is 0. The predicted molar refractivity (Wildman–Crippen MR) is 81.0 cm³/mol. The Bertz CT molecular complexity index is 553. The Morgan fingerprint density at radius 2 is 1.84 bits per heavy atom. The molecule has 0 aliphatic heterocycles. The first-order chi connectivity index (χ1) is 9.11. The number of nitrogens with zero attached hydrogens (tertiary/aromatic N) is 1. The number of nitrogens with one attached hydrogen (secondary N) is 1. The summed E-state index contributed by atoms with van der Waals surface area (Å²) in [7, 11) is 0. The van der Waals surface area contributed by atoms with E-state index >= 15 is 0 Å². The smallest absolute Gasteiger partial charge is 0.0595 e. The molecule has 1 aromatic carbocycles. The minimum absolute atomic E-state index is 0.0767. The molecule has 0 fully saturated rings.